The van der Waals surface area contributed by atoms with Gasteiger partial charge in [0.1, 0.15) is 0 Å². The van der Waals surface area contributed by atoms with Crippen molar-refractivity contribution in [2.75, 3.05) is 12.4 Å². The Kier molecular flexibility index (Phi) is 7.29. The fraction of sp³-hybridized carbons (Fsp3) is 0.0909. The molecule has 1 atom stereocenters. The number of rotatable bonds is 7. The van der Waals surface area contributed by atoms with Crippen LogP contribution in [0.25, 0.3) is 0 Å². The van der Waals surface area contributed by atoms with E-state index < -0.39 is 28.6 Å². The van der Waals surface area contributed by atoms with Gasteiger partial charge in [-0.25, -0.2) is 4.79 Å². The van der Waals surface area contributed by atoms with E-state index in [1.54, 1.807) is 30.3 Å². The van der Waals surface area contributed by atoms with E-state index in [-0.39, 0.29) is 11.3 Å². The van der Waals surface area contributed by atoms with Crippen LogP contribution >= 0.6 is 23.2 Å². The lowest BCUT2D eigenvalue weighted by Gasteiger charge is -2.18. The maximum atomic E-state index is 13.0. The van der Waals surface area contributed by atoms with Crippen LogP contribution in [-0.4, -0.2) is 23.9 Å². The average Bonchev–Trinajstić information content (AvgIpc) is 2.76. The van der Waals surface area contributed by atoms with E-state index in [2.05, 4.69) is 5.32 Å². The van der Waals surface area contributed by atoms with Gasteiger partial charge in [0, 0.05) is 27.4 Å². The van der Waals surface area contributed by atoms with Crippen LogP contribution in [0, 0.1) is 10.1 Å². The molecule has 32 heavy (non-hydrogen) atoms. The molecule has 10 heteroatoms. The molecule has 1 N–H and O–H groups in total. The zero-order valence-electron chi connectivity index (χ0n) is 16.6. The number of nitro benzene ring substituents is 1. The third kappa shape index (κ3) is 5.54. The summed E-state index contributed by atoms with van der Waals surface area (Å²) in [5.41, 5.74) is 0.187. The Morgan fingerprint density at radius 1 is 1.00 bits per heavy atom. The Bertz CT molecular complexity index is 1150. The molecule has 164 valence electrons. The van der Waals surface area contributed by atoms with Crippen LogP contribution in [0.5, 0.6) is 5.75 Å². The van der Waals surface area contributed by atoms with Crippen LogP contribution in [0.1, 0.15) is 22.0 Å². The van der Waals surface area contributed by atoms with Crippen LogP contribution in [-0.2, 0) is 9.53 Å². The van der Waals surface area contributed by atoms with E-state index in [1.807, 2.05) is 0 Å². The molecule has 0 saturated heterocycles. The zero-order chi connectivity index (χ0) is 23.3. The molecule has 0 aliphatic carbocycles. The lowest BCUT2D eigenvalue weighted by molar-refractivity contribution is -0.385. The number of nitro groups is 1. The van der Waals surface area contributed by atoms with Crippen molar-refractivity contribution in [2.24, 2.45) is 0 Å². The SMILES string of the molecule is COc1ccc(C(=O)O[C@H](C(=O)Nc2cc(Cl)cc(Cl)c2)c2ccccc2)cc1[N+](=O)[O-]. The molecule has 0 fully saturated rings. The number of carbonyl (C=O) groups is 2. The van der Waals surface area contributed by atoms with Crippen LogP contribution < -0.4 is 10.1 Å². The van der Waals surface area contributed by atoms with Crippen LogP contribution in [0.15, 0.2) is 66.7 Å². The summed E-state index contributed by atoms with van der Waals surface area (Å²) in [6, 6.07) is 16.4. The second kappa shape index (κ2) is 10.1. The third-order valence-electron chi connectivity index (χ3n) is 4.31. The minimum atomic E-state index is -1.34. The van der Waals surface area contributed by atoms with Crippen molar-refractivity contribution in [1.82, 2.24) is 0 Å². The first-order chi connectivity index (χ1) is 15.3. The normalized spacial score (nSPS) is 11.3. The second-order valence-electron chi connectivity index (χ2n) is 6.49. The average molecular weight is 475 g/mol. The number of anilines is 1. The van der Waals surface area contributed by atoms with E-state index in [0.29, 0.717) is 21.3 Å². The summed E-state index contributed by atoms with van der Waals surface area (Å²) in [6.45, 7) is 0. The van der Waals surface area contributed by atoms with Gasteiger partial charge in [0.2, 0.25) is 6.10 Å². The van der Waals surface area contributed by atoms with Gasteiger partial charge in [-0.3, -0.25) is 14.9 Å². The maximum absolute atomic E-state index is 13.0. The fourth-order valence-electron chi connectivity index (χ4n) is 2.87. The van der Waals surface area contributed by atoms with E-state index in [9.17, 15) is 19.7 Å². The summed E-state index contributed by atoms with van der Waals surface area (Å²) in [4.78, 5) is 36.3. The van der Waals surface area contributed by atoms with Gasteiger partial charge >= 0.3 is 11.7 Å². The standard InChI is InChI=1S/C22H16Cl2N2O6/c1-31-19-8-7-14(9-18(19)26(29)30)22(28)32-20(13-5-3-2-4-6-13)21(27)25-17-11-15(23)10-16(24)12-17/h2-12,20H,1H3,(H,25,27)/t20-/m0/s1. The van der Waals surface area contributed by atoms with Gasteiger partial charge in [-0.05, 0) is 30.3 Å². The van der Waals surface area contributed by atoms with Gasteiger partial charge in [-0.15, -0.1) is 0 Å². The molecule has 0 bridgehead atoms. The predicted octanol–water partition coefficient (Wildman–Crippen LogP) is 5.45. The van der Waals surface area contributed by atoms with Crippen molar-refractivity contribution in [2.45, 2.75) is 6.10 Å². The number of methoxy groups -OCH3 is 1. The van der Waals surface area contributed by atoms with E-state index in [1.165, 1.54) is 37.4 Å². The molecule has 0 aliphatic heterocycles. The number of amides is 1. The summed E-state index contributed by atoms with van der Waals surface area (Å²) >= 11 is 11.9. The molecule has 0 aromatic heterocycles. The highest BCUT2D eigenvalue weighted by molar-refractivity contribution is 6.35. The van der Waals surface area contributed by atoms with Gasteiger partial charge in [0.25, 0.3) is 5.91 Å². The fourth-order valence-corrected chi connectivity index (χ4v) is 3.40. The molecule has 0 heterocycles. The van der Waals surface area contributed by atoms with E-state index in [4.69, 9.17) is 32.7 Å². The topological polar surface area (TPSA) is 108 Å². The van der Waals surface area contributed by atoms with Crippen molar-refractivity contribution in [3.05, 3.63) is 98.0 Å². The summed E-state index contributed by atoms with van der Waals surface area (Å²) in [7, 11) is 1.28. The Labute approximate surface area is 192 Å². The summed E-state index contributed by atoms with van der Waals surface area (Å²) in [5.74, 6) is -1.60. The molecule has 8 nitrogen and oxygen atoms in total. The third-order valence-corrected chi connectivity index (χ3v) is 4.74. The lowest BCUT2D eigenvalue weighted by atomic mass is 10.1. The van der Waals surface area contributed by atoms with Crippen LogP contribution in [0.3, 0.4) is 0 Å². The smallest absolute Gasteiger partial charge is 0.339 e. The van der Waals surface area contributed by atoms with Gasteiger partial charge in [-0.2, -0.15) is 0 Å². The number of hydrogen-bond acceptors (Lipinski definition) is 6. The minimum absolute atomic E-state index is 0.0123. The van der Waals surface area contributed by atoms with E-state index >= 15 is 0 Å². The van der Waals surface area contributed by atoms with Crippen molar-refractivity contribution in [1.29, 1.82) is 0 Å². The molecule has 3 rings (SSSR count). The number of benzene rings is 3. The number of esters is 1. The first-order valence-corrected chi connectivity index (χ1v) is 9.89. The first-order valence-electron chi connectivity index (χ1n) is 9.14. The van der Waals surface area contributed by atoms with Crippen molar-refractivity contribution < 1.29 is 24.0 Å². The second-order valence-corrected chi connectivity index (χ2v) is 7.36. The Morgan fingerprint density at radius 2 is 1.66 bits per heavy atom. The highest BCUT2D eigenvalue weighted by atomic mass is 35.5. The molecule has 3 aromatic carbocycles. The monoisotopic (exact) mass is 474 g/mol. The molecule has 0 aliphatic rings. The lowest BCUT2D eigenvalue weighted by Crippen LogP contribution is -2.26. The molecule has 0 radical (unpaired) electrons. The van der Waals surface area contributed by atoms with Gasteiger partial charge in [0.15, 0.2) is 5.75 Å². The molecule has 0 unspecified atom stereocenters. The number of halogens is 2. The van der Waals surface area contributed by atoms with Crippen molar-refractivity contribution in [3.63, 3.8) is 0 Å². The van der Waals surface area contributed by atoms with Gasteiger partial charge < -0.3 is 14.8 Å². The molecular formula is C22H16Cl2N2O6. The van der Waals surface area contributed by atoms with Crippen molar-refractivity contribution >= 4 is 46.5 Å². The van der Waals surface area contributed by atoms with E-state index in [0.717, 1.165) is 6.07 Å². The number of nitrogens with one attached hydrogen (secondary N) is 1. The maximum Gasteiger partial charge on any atom is 0.339 e. The number of nitrogens with zero attached hydrogens (tertiary/aromatic N) is 1. The molecular weight excluding hydrogens is 459 g/mol. The number of hydrogen-bond donors (Lipinski definition) is 1. The summed E-state index contributed by atoms with van der Waals surface area (Å²) in [5, 5.41) is 14.5. The van der Waals surface area contributed by atoms with Gasteiger partial charge in [-0.1, -0.05) is 53.5 Å². The predicted molar refractivity (Wildman–Crippen MR) is 119 cm³/mol. The van der Waals surface area contributed by atoms with Crippen LogP contribution in [0.2, 0.25) is 10.0 Å². The summed E-state index contributed by atoms with van der Waals surface area (Å²) < 4.78 is 10.4. The Hall–Kier alpha value is -3.62. The Balaban J connectivity index is 1.90. The van der Waals surface area contributed by atoms with Gasteiger partial charge in [0.05, 0.1) is 17.6 Å². The molecule has 3 aromatic rings. The Morgan fingerprint density at radius 3 is 2.25 bits per heavy atom. The molecule has 0 spiro atoms. The summed E-state index contributed by atoms with van der Waals surface area (Å²) in [6.07, 6.45) is -1.34. The van der Waals surface area contributed by atoms with Crippen LogP contribution in [0.4, 0.5) is 11.4 Å². The number of ether oxygens (including phenoxy) is 2. The molecule has 0 saturated carbocycles. The van der Waals surface area contributed by atoms with Crippen molar-refractivity contribution in [3.8, 4) is 5.75 Å². The first kappa shape index (κ1) is 23.1. The number of carbonyl (C=O) groups excluding carboxylic acids is 2. The minimum Gasteiger partial charge on any atom is -0.490 e. The molecule has 1 amide bonds. The zero-order valence-corrected chi connectivity index (χ0v) is 18.1. The largest absolute Gasteiger partial charge is 0.490 e. The highest BCUT2D eigenvalue weighted by Gasteiger charge is 2.27. The highest BCUT2D eigenvalue weighted by Crippen LogP contribution is 2.29. The quantitative estimate of drug-likeness (QED) is 0.277.